The van der Waals surface area contributed by atoms with Gasteiger partial charge in [-0.05, 0) is 41.6 Å². The number of hydrogen-bond donors (Lipinski definition) is 1. The summed E-state index contributed by atoms with van der Waals surface area (Å²) in [5.41, 5.74) is 6.83. The normalized spacial score (nSPS) is 22.4. The van der Waals surface area contributed by atoms with Gasteiger partial charge in [0.25, 0.3) is 0 Å². The third kappa shape index (κ3) is 2.38. The molecule has 0 spiro atoms. The Bertz CT molecular complexity index is 526. The predicted octanol–water partition coefficient (Wildman–Crippen LogP) is 1.26. The maximum atomic E-state index is 11.9. The minimum absolute atomic E-state index is 0.186. The highest BCUT2D eigenvalue weighted by molar-refractivity contribution is 14.1. The number of alkyl halides is 1. The molecule has 0 saturated carbocycles. The second-order valence-electron chi connectivity index (χ2n) is 3.43. The molecule has 2 N–H and O–H groups in total. The Morgan fingerprint density at radius 3 is 3.00 bits per heavy atom. The van der Waals surface area contributed by atoms with Crippen LogP contribution in [0.2, 0.25) is 0 Å². The number of carbonyl (C=O) groups is 1. The summed E-state index contributed by atoms with van der Waals surface area (Å²) in [5, 5.41) is 15.4. The summed E-state index contributed by atoms with van der Waals surface area (Å²) in [4.78, 5) is 11.9. The summed E-state index contributed by atoms with van der Waals surface area (Å²) in [5.74, 6) is -0.542. The van der Waals surface area contributed by atoms with Crippen LogP contribution in [0.25, 0.3) is 5.70 Å². The zero-order valence-electron chi connectivity index (χ0n) is 9.50. The molecule has 0 aliphatic carbocycles. The van der Waals surface area contributed by atoms with E-state index in [-0.39, 0.29) is 12.2 Å². The molecule has 2 heterocycles. The average Bonchev–Trinajstić information content (AvgIpc) is 2.66. The van der Waals surface area contributed by atoms with E-state index in [9.17, 15) is 4.79 Å². The van der Waals surface area contributed by atoms with Crippen LogP contribution in [-0.2, 0) is 9.53 Å². The SMILES string of the molecule is CCOC(=O)C1=C(c2cccnn2)N=NC1(N)I. The molecule has 1 atom stereocenters. The van der Waals surface area contributed by atoms with Crippen LogP contribution in [0.4, 0.5) is 0 Å². The van der Waals surface area contributed by atoms with Gasteiger partial charge in [0.1, 0.15) is 17.0 Å². The highest BCUT2D eigenvalue weighted by atomic mass is 127. The van der Waals surface area contributed by atoms with Gasteiger partial charge in [0.05, 0.1) is 6.61 Å². The van der Waals surface area contributed by atoms with Crippen molar-refractivity contribution in [2.45, 2.75) is 10.6 Å². The number of hydrogen-bond acceptors (Lipinski definition) is 7. The molecule has 7 nitrogen and oxygen atoms in total. The van der Waals surface area contributed by atoms with Gasteiger partial charge in [-0.1, -0.05) is 0 Å². The molecule has 0 fully saturated rings. The van der Waals surface area contributed by atoms with Gasteiger partial charge in [0, 0.05) is 6.20 Å². The van der Waals surface area contributed by atoms with Gasteiger partial charge < -0.3 is 4.74 Å². The molecule has 18 heavy (non-hydrogen) atoms. The van der Waals surface area contributed by atoms with E-state index in [1.807, 2.05) is 22.6 Å². The Balaban J connectivity index is 2.50. The standard InChI is InChI=1S/C10H10IN5O2/c1-2-18-9(17)7-8(15-16-10(7,11)12)6-4-3-5-13-14-6/h3-5H,2,12H2,1H3. The number of aromatic nitrogens is 2. The van der Waals surface area contributed by atoms with Crippen molar-refractivity contribution >= 4 is 34.3 Å². The second kappa shape index (κ2) is 5.06. The number of nitrogens with two attached hydrogens (primary N) is 1. The van der Waals surface area contributed by atoms with Crippen LogP contribution in [0.1, 0.15) is 12.6 Å². The maximum Gasteiger partial charge on any atom is 0.341 e. The van der Waals surface area contributed by atoms with Crippen LogP contribution in [0, 0.1) is 0 Å². The number of azo groups is 1. The molecule has 1 unspecified atom stereocenters. The first-order chi connectivity index (χ1) is 8.56. The Kier molecular flexibility index (Phi) is 3.66. The fourth-order valence-corrected chi connectivity index (χ4v) is 2.02. The Morgan fingerprint density at radius 1 is 1.61 bits per heavy atom. The van der Waals surface area contributed by atoms with Crippen LogP contribution in [0.3, 0.4) is 0 Å². The molecule has 2 rings (SSSR count). The van der Waals surface area contributed by atoms with Gasteiger partial charge in [-0.2, -0.15) is 5.10 Å². The van der Waals surface area contributed by atoms with Crippen molar-refractivity contribution in [3.8, 4) is 0 Å². The first-order valence-electron chi connectivity index (χ1n) is 5.17. The van der Waals surface area contributed by atoms with Gasteiger partial charge in [0.15, 0.2) is 0 Å². The lowest BCUT2D eigenvalue weighted by Gasteiger charge is -2.14. The third-order valence-electron chi connectivity index (χ3n) is 2.18. The number of halogens is 1. The number of rotatable bonds is 3. The lowest BCUT2D eigenvalue weighted by Crippen LogP contribution is -2.35. The summed E-state index contributed by atoms with van der Waals surface area (Å²) < 4.78 is 3.74. The van der Waals surface area contributed by atoms with Gasteiger partial charge in [0.2, 0.25) is 3.67 Å². The van der Waals surface area contributed by atoms with Crippen molar-refractivity contribution in [2.75, 3.05) is 6.61 Å². The smallest absolute Gasteiger partial charge is 0.341 e. The molecule has 0 bridgehead atoms. The van der Waals surface area contributed by atoms with Crippen molar-refractivity contribution in [2.24, 2.45) is 16.0 Å². The average molecular weight is 359 g/mol. The van der Waals surface area contributed by atoms with E-state index in [0.717, 1.165) is 0 Å². The summed E-state index contributed by atoms with van der Waals surface area (Å²) in [6.07, 6.45) is 1.53. The zero-order chi connectivity index (χ0) is 13.2. The molecular formula is C10H10IN5O2. The molecule has 94 valence electrons. The van der Waals surface area contributed by atoms with E-state index in [0.29, 0.717) is 11.4 Å². The highest BCUT2D eigenvalue weighted by Gasteiger charge is 2.41. The quantitative estimate of drug-likeness (QED) is 0.379. The van der Waals surface area contributed by atoms with Crippen LogP contribution in [-0.4, -0.2) is 26.4 Å². The van der Waals surface area contributed by atoms with Gasteiger partial charge in [-0.3, -0.25) is 5.73 Å². The Labute approximate surface area is 117 Å². The van der Waals surface area contributed by atoms with Crippen molar-refractivity contribution in [3.05, 3.63) is 29.6 Å². The zero-order valence-corrected chi connectivity index (χ0v) is 11.7. The molecule has 0 aromatic carbocycles. The van der Waals surface area contributed by atoms with Crippen LogP contribution < -0.4 is 5.73 Å². The second-order valence-corrected chi connectivity index (χ2v) is 5.07. The minimum Gasteiger partial charge on any atom is -0.462 e. The number of nitrogens with zero attached hydrogens (tertiary/aromatic N) is 4. The number of ether oxygens (including phenoxy) is 1. The lowest BCUT2D eigenvalue weighted by molar-refractivity contribution is -0.138. The summed E-state index contributed by atoms with van der Waals surface area (Å²) in [7, 11) is 0. The summed E-state index contributed by atoms with van der Waals surface area (Å²) in [6, 6.07) is 3.37. The van der Waals surface area contributed by atoms with Crippen molar-refractivity contribution in [1.82, 2.24) is 10.2 Å². The van der Waals surface area contributed by atoms with E-state index in [4.69, 9.17) is 10.5 Å². The molecule has 1 aliphatic heterocycles. The molecule has 0 amide bonds. The Morgan fingerprint density at radius 2 is 2.39 bits per heavy atom. The number of carbonyl (C=O) groups excluding carboxylic acids is 1. The Hall–Kier alpha value is -1.42. The van der Waals surface area contributed by atoms with Crippen molar-refractivity contribution in [3.63, 3.8) is 0 Å². The van der Waals surface area contributed by atoms with E-state index < -0.39 is 9.64 Å². The molecule has 1 aromatic heterocycles. The fourth-order valence-electron chi connectivity index (χ4n) is 1.44. The minimum atomic E-state index is -1.23. The topological polar surface area (TPSA) is 103 Å². The number of esters is 1. The van der Waals surface area contributed by atoms with Crippen LogP contribution >= 0.6 is 22.6 Å². The molecule has 0 saturated heterocycles. The first kappa shape index (κ1) is 13.0. The van der Waals surface area contributed by atoms with Gasteiger partial charge in [-0.15, -0.1) is 15.3 Å². The third-order valence-corrected chi connectivity index (χ3v) is 2.93. The summed E-state index contributed by atoms with van der Waals surface area (Å²) >= 11 is 1.84. The lowest BCUT2D eigenvalue weighted by atomic mass is 10.1. The largest absolute Gasteiger partial charge is 0.462 e. The molecular weight excluding hydrogens is 349 g/mol. The molecule has 1 aromatic rings. The van der Waals surface area contributed by atoms with E-state index in [1.54, 1.807) is 19.1 Å². The molecule has 8 heteroatoms. The van der Waals surface area contributed by atoms with E-state index >= 15 is 0 Å². The van der Waals surface area contributed by atoms with Crippen molar-refractivity contribution < 1.29 is 9.53 Å². The monoisotopic (exact) mass is 359 g/mol. The van der Waals surface area contributed by atoms with E-state index in [1.165, 1.54) is 6.20 Å². The van der Waals surface area contributed by atoms with Crippen LogP contribution in [0.15, 0.2) is 34.1 Å². The van der Waals surface area contributed by atoms with Gasteiger partial charge in [-0.25, -0.2) is 4.79 Å². The molecule has 0 radical (unpaired) electrons. The maximum absolute atomic E-state index is 11.9. The predicted molar refractivity (Wildman–Crippen MR) is 71.4 cm³/mol. The first-order valence-corrected chi connectivity index (χ1v) is 6.24. The van der Waals surface area contributed by atoms with Crippen molar-refractivity contribution in [1.29, 1.82) is 0 Å². The highest BCUT2D eigenvalue weighted by Crippen LogP contribution is 2.38. The van der Waals surface area contributed by atoms with E-state index in [2.05, 4.69) is 20.4 Å². The van der Waals surface area contributed by atoms with Gasteiger partial charge >= 0.3 is 5.97 Å². The molecule has 1 aliphatic rings. The fraction of sp³-hybridized carbons (Fsp3) is 0.300. The van der Waals surface area contributed by atoms with Crippen LogP contribution in [0.5, 0.6) is 0 Å². The summed E-state index contributed by atoms with van der Waals surface area (Å²) in [6.45, 7) is 1.97.